The first kappa shape index (κ1) is 15.9. The van der Waals surface area contributed by atoms with E-state index < -0.39 is 5.82 Å². The van der Waals surface area contributed by atoms with E-state index in [1.807, 2.05) is 7.05 Å². The highest BCUT2D eigenvalue weighted by molar-refractivity contribution is 5.99. The van der Waals surface area contributed by atoms with Crippen LogP contribution in [0.1, 0.15) is 36.0 Å². The first-order valence-corrected chi connectivity index (χ1v) is 8.16. The van der Waals surface area contributed by atoms with Crippen molar-refractivity contribution in [2.75, 3.05) is 31.6 Å². The SMILES string of the molecule is CNC1CCCN(C(=O)c2cc(N3CCCC3=O)ccc2F)C1. The summed E-state index contributed by atoms with van der Waals surface area (Å²) < 4.78 is 14.2. The van der Waals surface area contributed by atoms with Gasteiger partial charge in [0.25, 0.3) is 5.91 Å². The van der Waals surface area contributed by atoms with Crippen molar-refractivity contribution in [1.82, 2.24) is 10.2 Å². The monoisotopic (exact) mass is 319 g/mol. The van der Waals surface area contributed by atoms with Crippen LogP contribution in [0.3, 0.4) is 0 Å². The lowest BCUT2D eigenvalue weighted by molar-refractivity contribution is -0.117. The van der Waals surface area contributed by atoms with Gasteiger partial charge in [0.15, 0.2) is 0 Å². The minimum atomic E-state index is -0.531. The number of likely N-dealkylation sites (N-methyl/N-ethyl adjacent to an activating group) is 1. The Bertz CT molecular complexity index is 620. The maximum Gasteiger partial charge on any atom is 0.256 e. The molecule has 6 heteroatoms. The third-order valence-corrected chi connectivity index (χ3v) is 4.68. The molecule has 2 saturated heterocycles. The lowest BCUT2D eigenvalue weighted by Gasteiger charge is -2.32. The molecule has 3 rings (SSSR count). The molecule has 0 aliphatic carbocycles. The Morgan fingerprint density at radius 2 is 2.13 bits per heavy atom. The van der Waals surface area contributed by atoms with Crippen LogP contribution in [-0.4, -0.2) is 49.4 Å². The van der Waals surface area contributed by atoms with Gasteiger partial charge in [-0.15, -0.1) is 0 Å². The van der Waals surface area contributed by atoms with Crippen LogP contribution >= 0.6 is 0 Å². The zero-order valence-electron chi connectivity index (χ0n) is 13.3. The lowest BCUT2D eigenvalue weighted by Crippen LogP contribution is -2.47. The molecular formula is C17H22FN3O2. The van der Waals surface area contributed by atoms with Crippen LogP contribution in [0.4, 0.5) is 10.1 Å². The summed E-state index contributed by atoms with van der Waals surface area (Å²) in [5, 5.41) is 3.18. The van der Waals surface area contributed by atoms with Crippen LogP contribution in [0, 0.1) is 5.82 Å². The minimum absolute atomic E-state index is 0.0308. The normalized spacial score (nSPS) is 21.8. The predicted molar refractivity (Wildman–Crippen MR) is 86.0 cm³/mol. The molecule has 2 aliphatic heterocycles. The minimum Gasteiger partial charge on any atom is -0.337 e. The fourth-order valence-corrected chi connectivity index (χ4v) is 3.33. The Hall–Kier alpha value is -1.95. The average molecular weight is 319 g/mol. The molecule has 124 valence electrons. The van der Waals surface area contributed by atoms with Crippen molar-refractivity contribution in [2.45, 2.75) is 31.7 Å². The van der Waals surface area contributed by atoms with Crippen molar-refractivity contribution in [3.05, 3.63) is 29.6 Å². The molecule has 2 amide bonds. The third kappa shape index (κ3) is 3.22. The number of likely N-dealkylation sites (tertiary alicyclic amines) is 1. The van der Waals surface area contributed by atoms with Gasteiger partial charge in [0.05, 0.1) is 5.56 Å². The van der Waals surface area contributed by atoms with E-state index in [0.29, 0.717) is 31.7 Å². The number of hydrogen-bond acceptors (Lipinski definition) is 3. The Kier molecular flexibility index (Phi) is 4.61. The second-order valence-electron chi connectivity index (χ2n) is 6.19. The number of halogens is 1. The van der Waals surface area contributed by atoms with Crippen LogP contribution in [0.25, 0.3) is 0 Å². The van der Waals surface area contributed by atoms with Gasteiger partial charge >= 0.3 is 0 Å². The summed E-state index contributed by atoms with van der Waals surface area (Å²) in [4.78, 5) is 27.9. The van der Waals surface area contributed by atoms with E-state index in [2.05, 4.69) is 5.32 Å². The number of amides is 2. The molecule has 2 aliphatic rings. The van der Waals surface area contributed by atoms with E-state index in [9.17, 15) is 14.0 Å². The maximum atomic E-state index is 14.2. The van der Waals surface area contributed by atoms with Crippen LogP contribution < -0.4 is 10.2 Å². The number of carbonyl (C=O) groups is 2. The van der Waals surface area contributed by atoms with Gasteiger partial charge in [0, 0.05) is 37.8 Å². The molecular weight excluding hydrogens is 297 g/mol. The number of carbonyl (C=O) groups excluding carboxylic acids is 2. The van der Waals surface area contributed by atoms with Gasteiger partial charge in [0.2, 0.25) is 5.91 Å². The average Bonchev–Trinajstić information content (AvgIpc) is 3.01. The van der Waals surface area contributed by atoms with E-state index in [4.69, 9.17) is 0 Å². The zero-order valence-corrected chi connectivity index (χ0v) is 13.3. The molecule has 1 N–H and O–H groups in total. The molecule has 5 nitrogen and oxygen atoms in total. The van der Waals surface area contributed by atoms with E-state index in [0.717, 1.165) is 19.3 Å². The fraction of sp³-hybridized carbons (Fsp3) is 0.529. The number of nitrogens with zero attached hydrogens (tertiary/aromatic N) is 2. The summed E-state index contributed by atoms with van der Waals surface area (Å²) in [6.07, 6.45) is 3.24. The summed E-state index contributed by atoms with van der Waals surface area (Å²) in [6, 6.07) is 4.62. The van der Waals surface area contributed by atoms with Gasteiger partial charge < -0.3 is 15.1 Å². The van der Waals surface area contributed by atoms with Crippen LogP contribution in [0.15, 0.2) is 18.2 Å². The first-order valence-electron chi connectivity index (χ1n) is 8.16. The van der Waals surface area contributed by atoms with Gasteiger partial charge in [-0.1, -0.05) is 0 Å². The second kappa shape index (κ2) is 6.66. The van der Waals surface area contributed by atoms with Crippen molar-refractivity contribution in [3.8, 4) is 0 Å². The largest absolute Gasteiger partial charge is 0.337 e. The van der Waals surface area contributed by atoms with E-state index >= 15 is 0 Å². The molecule has 1 unspecified atom stereocenters. The summed E-state index contributed by atoms with van der Waals surface area (Å²) in [5.41, 5.74) is 0.665. The Morgan fingerprint density at radius 1 is 1.30 bits per heavy atom. The molecule has 1 aromatic rings. The Morgan fingerprint density at radius 3 is 2.83 bits per heavy atom. The molecule has 0 spiro atoms. The summed E-state index contributed by atoms with van der Waals surface area (Å²) >= 11 is 0. The van der Waals surface area contributed by atoms with Gasteiger partial charge in [0.1, 0.15) is 5.82 Å². The number of anilines is 1. The number of benzene rings is 1. The Labute approximate surface area is 135 Å². The molecule has 1 atom stereocenters. The number of hydrogen-bond donors (Lipinski definition) is 1. The van der Waals surface area contributed by atoms with E-state index in [-0.39, 0.29) is 23.4 Å². The molecule has 2 fully saturated rings. The number of nitrogens with one attached hydrogen (secondary N) is 1. The van der Waals surface area contributed by atoms with Gasteiger partial charge in [-0.05, 0) is 44.5 Å². The van der Waals surface area contributed by atoms with Gasteiger partial charge in [-0.2, -0.15) is 0 Å². The van der Waals surface area contributed by atoms with E-state index in [1.165, 1.54) is 12.1 Å². The summed E-state index contributed by atoms with van der Waals surface area (Å²) in [6.45, 7) is 1.86. The molecule has 0 bridgehead atoms. The van der Waals surface area contributed by atoms with Crippen LogP contribution in [0.2, 0.25) is 0 Å². The van der Waals surface area contributed by atoms with Crippen molar-refractivity contribution in [1.29, 1.82) is 0 Å². The van der Waals surface area contributed by atoms with Gasteiger partial charge in [-0.25, -0.2) is 4.39 Å². The molecule has 0 aromatic heterocycles. The molecule has 2 heterocycles. The fourth-order valence-electron chi connectivity index (χ4n) is 3.33. The summed E-state index contributed by atoms with van der Waals surface area (Å²) in [5.74, 6) is -0.795. The van der Waals surface area contributed by atoms with Gasteiger partial charge in [-0.3, -0.25) is 9.59 Å². The highest BCUT2D eigenvalue weighted by Crippen LogP contribution is 2.25. The zero-order chi connectivity index (χ0) is 16.4. The maximum absolute atomic E-state index is 14.2. The molecule has 23 heavy (non-hydrogen) atoms. The standard InChI is InChI=1S/C17H22FN3O2/c1-19-12-4-2-8-20(11-12)17(23)14-10-13(6-7-15(14)18)21-9-3-5-16(21)22/h6-7,10,12,19H,2-5,8-9,11H2,1H3. The van der Waals surface area contributed by atoms with Crippen molar-refractivity contribution in [2.24, 2.45) is 0 Å². The molecule has 0 saturated carbocycles. The Balaban J connectivity index is 1.83. The van der Waals surface area contributed by atoms with Crippen LogP contribution in [0.5, 0.6) is 0 Å². The summed E-state index contributed by atoms with van der Waals surface area (Å²) in [7, 11) is 1.87. The highest BCUT2D eigenvalue weighted by atomic mass is 19.1. The highest BCUT2D eigenvalue weighted by Gasteiger charge is 2.27. The van der Waals surface area contributed by atoms with Crippen molar-refractivity contribution < 1.29 is 14.0 Å². The smallest absolute Gasteiger partial charge is 0.256 e. The third-order valence-electron chi connectivity index (χ3n) is 4.68. The lowest BCUT2D eigenvalue weighted by atomic mass is 10.0. The van der Waals surface area contributed by atoms with E-state index in [1.54, 1.807) is 15.9 Å². The van der Waals surface area contributed by atoms with Crippen molar-refractivity contribution >= 4 is 17.5 Å². The quantitative estimate of drug-likeness (QED) is 0.924. The molecule has 1 aromatic carbocycles. The van der Waals surface area contributed by atoms with Crippen LogP contribution in [-0.2, 0) is 4.79 Å². The predicted octanol–water partition coefficient (Wildman–Crippen LogP) is 1.78. The number of rotatable bonds is 3. The second-order valence-corrected chi connectivity index (χ2v) is 6.19. The first-order chi connectivity index (χ1) is 11.1. The van der Waals surface area contributed by atoms with Crippen molar-refractivity contribution in [3.63, 3.8) is 0 Å². The number of piperidine rings is 1. The topological polar surface area (TPSA) is 52.7 Å². The molecule has 0 radical (unpaired) electrons.